The highest BCUT2D eigenvalue weighted by molar-refractivity contribution is 4.87. The highest BCUT2D eigenvalue weighted by atomic mass is 14.4. The van der Waals surface area contributed by atoms with Gasteiger partial charge in [-0.15, -0.1) is 0 Å². The van der Waals surface area contributed by atoms with Crippen LogP contribution in [0.15, 0.2) is 0 Å². The van der Waals surface area contributed by atoms with Crippen LogP contribution in [0.25, 0.3) is 0 Å². The molecule has 0 aromatic rings. The Balaban J connectivity index is 1.87. The van der Waals surface area contributed by atoms with Gasteiger partial charge in [-0.05, 0) is 62.2 Å². The lowest BCUT2D eigenvalue weighted by molar-refractivity contribution is 0.125. The highest BCUT2D eigenvalue weighted by Crippen LogP contribution is 2.48. The van der Waals surface area contributed by atoms with E-state index in [1.54, 1.807) is 57.8 Å². The van der Waals surface area contributed by atoms with Crippen molar-refractivity contribution in [3.63, 3.8) is 0 Å². The SMILES string of the molecule is C1CC2CCC(C1)C1CCC2CC1. The molecule has 4 rings (SSSR count). The maximum absolute atomic E-state index is 1.59. The van der Waals surface area contributed by atoms with Crippen molar-refractivity contribution in [2.24, 2.45) is 23.7 Å². The first-order valence-corrected chi connectivity index (χ1v) is 6.43. The molecule has 0 heterocycles. The van der Waals surface area contributed by atoms with Gasteiger partial charge in [-0.2, -0.15) is 0 Å². The summed E-state index contributed by atoms with van der Waals surface area (Å²) in [5, 5.41) is 0. The average Bonchev–Trinajstić information content (AvgIpc) is 2.33. The van der Waals surface area contributed by atoms with Crippen molar-refractivity contribution in [1.82, 2.24) is 0 Å². The van der Waals surface area contributed by atoms with E-state index in [9.17, 15) is 0 Å². The molecule has 0 N–H and O–H groups in total. The fourth-order valence-corrected chi connectivity index (χ4v) is 4.39. The fourth-order valence-electron chi connectivity index (χ4n) is 4.39. The number of hydrogen-bond donors (Lipinski definition) is 0. The van der Waals surface area contributed by atoms with E-state index >= 15 is 0 Å². The fraction of sp³-hybridized carbons (Fsp3) is 1.00. The van der Waals surface area contributed by atoms with Crippen molar-refractivity contribution in [3.05, 3.63) is 0 Å². The molecule has 2 unspecified atom stereocenters. The van der Waals surface area contributed by atoms with Gasteiger partial charge in [-0.3, -0.25) is 0 Å². The van der Waals surface area contributed by atoms with E-state index in [1.165, 1.54) is 0 Å². The highest BCUT2D eigenvalue weighted by Gasteiger charge is 2.36. The predicted molar refractivity (Wildman–Crippen MR) is 55.5 cm³/mol. The van der Waals surface area contributed by atoms with E-state index < -0.39 is 0 Å². The summed E-state index contributed by atoms with van der Waals surface area (Å²) in [7, 11) is 0. The Hall–Kier alpha value is 0. The minimum absolute atomic E-state index is 1.14. The molecule has 13 heavy (non-hydrogen) atoms. The molecule has 0 amide bonds. The summed E-state index contributed by atoms with van der Waals surface area (Å²) in [4.78, 5) is 0. The van der Waals surface area contributed by atoms with E-state index in [4.69, 9.17) is 0 Å². The molecule has 4 aliphatic rings. The third kappa shape index (κ3) is 1.43. The van der Waals surface area contributed by atoms with Crippen LogP contribution in [0.2, 0.25) is 0 Å². The largest absolute Gasteiger partial charge is 0.0528 e. The Bertz CT molecular complexity index is 156. The van der Waals surface area contributed by atoms with Crippen LogP contribution in [-0.4, -0.2) is 0 Å². The van der Waals surface area contributed by atoms with Gasteiger partial charge >= 0.3 is 0 Å². The van der Waals surface area contributed by atoms with Gasteiger partial charge in [0.1, 0.15) is 0 Å². The Morgan fingerprint density at radius 2 is 0.692 bits per heavy atom. The third-order valence-corrected chi connectivity index (χ3v) is 5.21. The summed E-state index contributed by atoms with van der Waals surface area (Å²) in [6.45, 7) is 0. The second-order valence-electron chi connectivity index (χ2n) is 5.70. The number of rotatable bonds is 0. The molecule has 74 valence electrons. The molecule has 2 atom stereocenters. The lowest BCUT2D eigenvalue weighted by Crippen LogP contribution is -2.27. The standard InChI is InChI=1S/C13H22/c1-2-10-4-5-11(3-1)13-8-6-12(10)7-9-13/h10-13H,1-9H2. The van der Waals surface area contributed by atoms with Crippen molar-refractivity contribution in [3.8, 4) is 0 Å². The van der Waals surface area contributed by atoms with Crippen LogP contribution < -0.4 is 0 Å². The zero-order valence-corrected chi connectivity index (χ0v) is 8.67. The van der Waals surface area contributed by atoms with E-state index in [2.05, 4.69) is 0 Å². The quantitative estimate of drug-likeness (QED) is 0.526. The van der Waals surface area contributed by atoms with Crippen molar-refractivity contribution in [2.75, 3.05) is 0 Å². The van der Waals surface area contributed by atoms with Crippen molar-refractivity contribution >= 4 is 0 Å². The van der Waals surface area contributed by atoms with Crippen LogP contribution in [0, 0.1) is 23.7 Å². The van der Waals surface area contributed by atoms with Gasteiger partial charge in [0.15, 0.2) is 0 Å². The van der Waals surface area contributed by atoms with E-state index in [1.807, 2.05) is 0 Å². The molecule has 0 saturated heterocycles. The normalized spacial score (nSPS) is 49.8. The van der Waals surface area contributed by atoms with Crippen molar-refractivity contribution in [1.29, 1.82) is 0 Å². The molecule has 0 spiro atoms. The van der Waals surface area contributed by atoms with Gasteiger partial charge in [0, 0.05) is 0 Å². The third-order valence-electron chi connectivity index (χ3n) is 5.21. The molecule has 4 fully saturated rings. The molecule has 4 saturated carbocycles. The van der Waals surface area contributed by atoms with Crippen LogP contribution in [0.5, 0.6) is 0 Å². The Morgan fingerprint density at radius 1 is 0.385 bits per heavy atom. The maximum atomic E-state index is 1.59. The van der Waals surface area contributed by atoms with Gasteiger partial charge in [-0.25, -0.2) is 0 Å². The second kappa shape index (κ2) is 3.29. The summed E-state index contributed by atoms with van der Waals surface area (Å²) in [5.74, 6) is 4.59. The molecule has 0 aromatic heterocycles. The van der Waals surface area contributed by atoms with Crippen LogP contribution in [0.1, 0.15) is 57.8 Å². The van der Waals surface area contributed by atoms with Gasteiger partial charge in [0.05, 0.1) is 0 Å². The molecular formula is C13H22. The van der Waals surface area contributed by atoms with Gasteiger partial charge in [0.25, 0.3) is 0 Å². The van der Waals surface area contributed by atoms with E-state index in [0.717, 1.165) is 23.7 Å². The molecule has 0 aliphatic heterocycles. The smallest absolute Gasteiger partial charge is 0.0386 e. The van der Waals surface area contributed by atoms with Crippen molar-refractivity contribution < 1.29 is 0 Å². The monoisotopic (exact) mass is 178 g/mol. The Labute approximate surface area is 82.1 Å². The zero-order valence-electron chi connectivity index (χ0n) is 8.67. The van der Waals surface area contributed by atoms with Crippen LogP contribution in [-0.2, 0) is 0 Å². The molecule has 0 radical (unpaired) electrons. The predicted octanol–water partition coefficient (Wildman–Crippen LogP) is 4.00. The topological polar surface area (TPSA) is 0 Å². The minimum Gasteiger partial charge on any atom is -0.0528 e. The first-order valence-electron chi connectivity index (χ1n) is 6.43. The first-order chi connectivity index (χ1) is 6.43. The van der Waals surface area contributed by atoms with Gasteiger partial charge < -0.3 is 0 Å². The summed E-state index contributed by atoms with van der Waals surface area (Å²) < 4.78 is 0. The molecule has 0 heteroatoms. The van der Waals surface area contributed by atoms with Crippen LogP contribution in [0.4, 0.5) is 0 Å². The molecule has 4 aliphatic carbocycles. The van der Waals surface area contributed by atoms with Crippen LogP contribution in [0.3, 0.4) is 0 Å². The summed E-state index contributed by atoms with van der Waals surface area (Å²) in [5.41, 5.74) is 0. The summed E-state index contributed by atoms with van der Waals surface area (Å²) in [6, 6.07) is 0. The second-order valence-corrected chi connectivity index (χ2v) is 5.70. The van der Waals surface area contributed by atoms with E-state index in [0.29, 0.717) is 0 Å². The lowest BCUT2D eigenvalue weighted by Gasteiger charge is -2.39. The van der Waals surface area contributed by atoms with Gasteiger partial charge in [-0.1, -0.05) is 19.3 Å². The van der Waals surface area contributed by atoms with Crippen molar-refractivity contribution in [2.45, 2.75) is 57.8 Å². The van der Waals surface area contributed by atoms with Crippen LogP contribution >= 0.6 is 0 Å². The van der Waals surface area contributed by atoms with Gasteiger partial charge in [0.2, 0.25) is 0 Å². The maximum Gasteiger partial charge on any atom is -0.0386 e. The first kappa shape index (κ1) is 8.32. The Kier molecular flexibility index (Phi) is 2.11. The summed E-state index contributed by atoms with van der Waals surface area (Å²) >= 11 is 0. The minimum atomic E-state index is 1.14. The zero-order chi connectivity index (χ0) is 8.67. The molecule has 4 bridgehead atoms. The molecular weight excluding hydrogens is 156 g/mol. The van der Waals surface area contributed by atoms with E-state index in [-0.39, 0.29) is 0 Å². The molecule has 0 nitrogen and oxygen atoms in total. The lowest BCUT2D eigenvalue weighted by atomic mass is 9.67. The number of hydrogen-bond acceptors (Lipinski definition) is 0. The Morgan fingerprint density at radius 3 is 1.08 bits per heavy atom. The summed E-state index contributed by atoms with van der Waals surface area (Å²) in [6.07, 6.45) is 14.2. The average molecular weight is 178 g/mol. The number of fused-ring (bicyclic) bond motifs is 2. The molecule has 0 aromatic carbocycles.